The molecule has 0 radical (unpaired) electrons. The van der Waals surface area contributed by atoms with Crippen molar-refractivity contribution < 1.29 is 14.7 Å². The number of piperidine rings is 1. The maximum Gasteiger partial charge on any atom is 0.222 e. The summed E-state index contributed by atoms with van der Waals surface area (Å²) in [6.45, 7) is 6.91. The zero-order valence-electron chi connectivity index (χ0n) is 24.0. The number of rotatable bonds is 9. The molecule has 37 heavy (non-hydrogen) atoms. The van der Waals surface area contributed by atoms with Gasteiger partial charge in [0.1, 0.15) is 5.78 Å². The molecule has 0 bridgehead atoms. The van der Waals surface area contributed by atoms with Gasteiger partial charge in [-0.1, -0.05) is 52.4 Å². The third-order valence-corrected chi connectivity index (χ3v) is 12.5. The molecule has 0 spiro atoms. The van der Waals surface area contributed by atoms with Crippen LogP contribution in [0.25, 0.3) is 0 Å². The molecular formula is C33H55NO3. The lowest BCUT2D eigenvalue weighted by atomic mass is 9.42. The van der Waals surface area contributed by atoms with Crippen LogP contribution in [-0.4, -0.2) is 40.9 Å². The van der Waals surface area contributed by atoms with Crippen molar-refractivity contribution in [3.63, 3.8) is 0 Å². The Hall–Kier alpha value is -0.900. The van der Waals surface area contributed by atoms with Crippen molar-refractivity contribution in [3.05, 3.63) is 0 Å². The molecular weight excluding hydrogens is 458 g/mol. The molecule has 4 nitrogen and oxygen atoms in total. The van der Waals surface area contributed by atoms with Gasteiger partial charge in [-0.3, -0.25) is 9.59 Å². The van der Waals surface area contributed by atoms with E-state index >= 15 is 0 Å². The van der Waals surface area contributed by atoms with Gasteiger partial charge in [0.2, 0.25) is 5.91 Å². The maximum atomic E-state index is 12.5. The van der Waals surface area contributed by atoms with Crippen LogP contribution in [0.15, 0.2) is 0 Å². The van der Waals surface area contributed by atoms with Crippen molar-refractivity contribution in [2.45, 2.75) is 142 Å². The van der Waals surface area contributed by atoms with Crippen molar-refractivity contribution in [3.8, 4) is 0 Å². The third-order valence-electron chi connectivity index (χ3n) is 12.5. The van der Waals surface area contributed by atoms with Gasteiger partial charge < -0.3 is 10.0 Å². The number of likely N-dealkylation sites (tertiary alicyclic amines) is 1. The number of aliphatic hydroxyl groups excluding tert-OH is 1. The van der Waals surface area contributed by atoms with Gasteiger partial charge in [0.05, 0.1) is 6.10 Å². The van der Waals surface area contributed by atoms with Gasteiger partial charge in [-0.15, -0.1) is 0 Å². The summed E-state index contributed by atoms with van der Waals surface area (Å²) < 4.78 is 0. The highest BCUT2D eigenvalue weighted by atomic mass is 16.3. The molecule has 1 N–H and O–H groups in total. The average molecular weight is 514 g/mol. The summed E-state index contributed by atoms with van der Waals surface area (Å²) in [5, 5.41) is 10.9. The molecule has 210 valence electrons. The smallest absolute Gasteiger partial charge is 0.222 e. The first-order valence-corrected chi connectivity index (χ1v) is 16.3. The molecule has 4 saturated carbocycles. The summed E-state index contributed by atoms with van der Waals surface area (Å²) in [4.78, 5) is 26.9. The zero-order valence-corrected chi connectivity index (χ0v) is 24.0. The highest BCUT2D eigenvalue weighted by molar-refractivity contribution is 5.79. The summed E-state index contributed by atoms with van der Waals surface area (Å²) in [5.41, 5.74) is 0.467. The van der Waals surface area contributed by atoms with Gasteiger partial charge >= 0.3 is 0 Å². The van der Waals surface area contributed by atoms with E-state index in [1.165, 1.54) is 83.5 Å². The van der Waals surface area contributed by atoms with E-state index in [0.29, 0.717) is 28.9 Å². The van der Waals surface area contributed by atoms with Crippen LogP contribution in [0.1, 0.15) is 136 Å². The second-order valence-electron chi connectivity index (χ2n) is 14.5. The van der Waals surface area contributed by atoms with Crippen LogP contribution < -0.4 is 0 Å². The first kappa shape index (κ1) is 27.7. The van der Waals surface area contributed by atoms with Gasteiger partial charge in [0.15, 0.2) is 0 Å². The molecule has 0 aromatic rings. The Morgan fingerprint density at radius 2 is 1.59 bits per heavy atom. The van der Waals surface area contributed by atoms with Crippen molar-refractivity contribution >= 4 is 11.7 Å². The fourth-order valence-corrected chi connectivity index (χ4v) is 10.2. The van der Waals surface area contributed by atoms with E-state index in [4.69, 9.17) is 0 Å². The van der Waals surface area contributed by atoms with E-state index in [2.05, 4.69) is 18.7 Å². The lowest BCUT2D eigenvalue weighted by molar-refractivity contribution is -0.156. The molecule has 8 atom stereocenters. The molecule has 5 rings (SSSR count). The van der Waals surface area contributed by atoms with Crippen LogP contribution in [0.2, 0.25) is 0 Å². The number of hydrogen-bond acceptors (Lipinski definition) is 3. The van der Waals surface area contributed by atoms with Crippen LogP contribution in [0, 0.1) is 40.4 Å². The SMILES string of the molecule is C[C@]12CCC(=O)C[C@@H]1C[C@@H](CCCCCCCCC(=O)N1CCCCC1)[C@@H]1[C@@H]2CC[C@]2(C)[C@@H](O)CC[C@@H]12. The molecule has 4 aliphatic carbocycles. The molecule has 1 aliphatic heterocycles. The monoisotopic (exact) mass is 513 g/mol. The van der Waals surface area contributed by atoms with Gasteiger partial charge in [0, 0.05) is 32.4 Å². The molecule has 1 saturated heterocycles. The number of fused-ring (bicyclic) bond motifs is 5. The summed E-state index contributed by atoms with van der Waals surface area (Å²) >= 11 is 0. The minimum Gasteiger partial charge on any atom is -0.393 e. The molecule has 4 heteroatoms. The standard InChI is InChI=1S/C33H55NO3/c1-32-18-16-26(35)23-25(32)22-24(31-27-14-15-29(36)33(27,2)19-17-28(31)32)12-8-5-3-4-6-9-13-30(37)34-20-10-7-11-21-34/h24-25,27-29,31,36H,3-23H2,1-2H3/t24-,25+,27+,28+,29+,31+,32+,33+/m1/s1. The Labute approximate surface area is 226 Å². The molecule has 0 unspecified atom stereocenters. The summed E-state index contributed by atoms with van der Waals surface area (Å²) in [5.74, 6) is 4.42. The van der Waals surface area contributed by atoms with Gasteiger partial charge in [-0.2, -0.15) is 0 Å². The summed E-state index contributed by atoms with van der Waals surface area (Å²) in [6.07, 6.45) is 21.7. The lowest BCUT2D eigenvalue weighted by Gasteiger charge is -2.62. The van der Waals surface area contributed by atoms with Crippen molar-refractivity contribution in [1.29, 1.82) is 0 Å². The van der Waals surface area contributed by atoms with Crippen LogP contribution in [0.3, 0.4) is 0 Å². The largest absolute Gasteiger partial charge is 0.393 e. The molecule has 0 aromatic carbocycles. The van der Waals surface area contributed by atoms with E-state index in [1.807, 2.05) is 0 Å². The van der Waals surface area contributed by atoms with Crippen molar-refractivity contribution in [2.24, 2.45) is 40.4 Å². The van der Waals surface area contributed by atoms with E-state index < -0.39 is 0 Å². The number of nitrogens with zero attached hydrogens (tertiary/aromatic N) is 1. The maximum absolute atomic E-state index is 12.5. The fourth-order valence-electron chi connectivity index (χ4n) is 10.2. The Bertz CT molecular complexity index is 805. The van der Waals surface area contributed by atoms with Crippen LogP contribution >= 0.6 is 0 Å². The molecule has 0 aromatic heterocycles. The predicted molar refractivity (Wildman–Crippen MR) is 149 cm³/mol. The lowest BCUT2D eigenvalue weighted by Crippen LogP contribution is -2.57. The zero-order chi connectivity index (χ0) is 26.0. The van der Waals surface area contributed by atoms with Gasteiger partial charge in [-0.05, 0) is 105 Å². The number of unbranched alkanes of at least 4 members (excludes halogenated alkanes) is 5. The van der Waals surface area contributed by atoms with E-state index in [-0.39, 0.29) is 11.5 Å². The Balaban J connectivity index is 1.11. The number of carbonyl (C=O) groups is 2. The number of aliphatic hydroxyl groups is 1. The van der Waals surface area contributed by atoms with Crippen molar-refractivity contribution in [1.82, 2.24) is 4.90 Å². The Morgan fingerprint density at radius 3 is 2.38 bits per heavy atom. The van der Waals surface area contributed by atoms with Gasteiger partial charge in [0.25, 0.3) is 0 Å². The molecule has 5 fully saturated rings. The molecule has 1 amide bonds. The number of hydrogen-bond donors (Lipinski definition) is 1. The van der Waals surface area contributed by atoms with E-state index in [0.717, 1.165) is 69.4 Å². The number of Topliss-reactive ketones (excluding diaryl/α,β-unsaturated/α-hetero) is 1. The van der Waals surface area contributed by atoms with Crippen LogP contribution in [0.4, 0.5) is 0 Å². The molecule has 1 heterocycles. The highest BCUT2D eigenvalue weighted by Crippen LogP contribution is 2.67. The number of amides is 1. The third kappa shape index (κ3) is 5.57. The summed E-state index contributed by atoms with van der Waals surface area (Å²) in [7, 11) is 0. The Morgan fingerprint density at radius 1 is 0.892 bits per heavy atom. The van der Waals surface area contributed by atoms with Crippen LogP contribution in [0.5, 0.6) is 0 Å². The normalized spacial score (nSPS) is 41.7. The predicted octanol–water partition coefficient (Wildman–Crippen LogP) is 7.32. The first-order valence-electron chi connectivity index (χ1n) is 16.3. The highest BCUT2D eigenvalue weighted by Gasteiger charge is 2.62. The second kappa shape index (κ2) is 11.7. The van der Waals surface area contributed by atoms with E-state index in [1.54, 1.807) is 0 Å². The quantitative estimate of drug-likeness (QED) is 0.329. The minimum atomic E-state index is -0.112. The Kier molecular flexibility index (Phi) is 8.74. The topological polar surface area (TPSA) is 57.6 Å². The number of carbonyl (C=O) groups excluding carboxylic acids is 2. The number of ketones is 1. The fraction of sp³-hybridized carbons (Fsp3) is 0.939. The van der Waals surface area contributed by atoms with Crippen LogP contribution in [-0.2, 0) is 9.59 Å². The average Bonchev–Trinajstić information content (AvgIpc) is 3.20. The van der Waals surface area contributed by atoms with Gasteiger partial charge in [-0.25, -0.2) is 0 Å². The van der Waals surface area contributed by atoms with Crippen molar-refractivity contribution in [2.75, 3.05) is 13.1 Å². The first-order chi connectivity index (χ1) is 17.8. The summed E-state index contributed by atoms with van der Waals surface area (Å²) in [6, 6.07) is 0. The minimum absolute atomic E-state index is 0.112. The second-order valence-corrected chi connectivity index (χ2v) is 14.5. The van der Waals surface area contributed by atoms with E-state index in [9.17, 15) is 14.7 Å². The molecule has 5 aliphatic rings.